The quantitative estimate of drug-likeness (QED) is 0.477. The summed E-state index contributed by atoms with van der Waals surface area (Å²) in [5.74, 6) is -1.62. The average Bonchev–Trinajstić information content (AvgIpc) is 3.16. The fourth-order valence-electron chi connectivity index (χ4n) is 3.77. The van der Waals surface area contributed by atoms with Crippen molar-refractivity contribution in [1.29, 1.82) is 0 Å². The number of imidazole rings is 1. The van der Waals surface area contributed by atoms with Crippen molar-refractivity contribution >= 4 is 35.2 Å². The van der Waals surface area contributed by atoms with Crippen LogP contribution in [-0.2, 0) is 17.6 Å². The first kappa shape index (κ1) is 21.6. The largest absolute Gasteiger partial charge is 0.366 e. The van der Waals surface area contributed by atoms with E-state index in [1.54, 1.807) is 0 Å². The highest BCUT2D eigenvalue weighted by molar-refractivity contribution is 7.99. The lowest BCUT2D eigenvalue weighted by atomic mass is 10.0. The van der Waals surface area contributed by atoms with E-state index >= 15 is 0 Å². The molecule has 164 valence electrons. The second-order valence-corrected chi connectivity index (χ2v) is 8.47. The number of amides is 3. The third-order valence-corrected chi connectivity index (χ3v) is 6.17. The zero-order valence-electron chi connectivity index (χ0n) is 17.3. The Labute approximate surface area is 189 Å². The van der Waals surface area contributed by atoms with E-state index in [-0.39, 0.29) is 28.5 Å². The van der Waals surface area contributed by atoms with Gasteiger partial charge in [-0.05, 0) is 56.0 Å². The van der Waals surface area contributed by atoms with Gasteiger partial charge in [0.25, 0.3) is 0 Å². The van der Waals surface area contributed by atoms with Crippen LogP contribution in [0.15, 0.2) is 53.7 Å². The Morgan fingerprint density at radius 3 is 2.28 bits per heavy atom. The first-order chi connectivity index (χ1) is 15.4. The number of aryl methyl sites for hydroxylation is 1. The number of para-hydroxylation sites is 1. The van der Waals surface area contributed by atoms with Crippen molar-refractivity contribution in [3.63, 3.8) is 0 Å². The topological polar surface area (TPSA) is 133 Å². The summed E-state index contributed by atoms with van der Waals surface area (Å²) in [6.45, 7) is 0. The molecule has 0 fully saturated rings. The number of aromatic nitrogens is 2. The fourth-order valence-corrected chi connectivity index (χ4v) is 4.62. The van der Waals surface area contributed by atoms with Crippen molar-refractivity contribution in [1.82, 2.24) is 9.55 Å². The molecular weight excluding hydrogens is 426 g/mol. The van der Waals surface area contributed by atoms with E-state index in [1.807, 2.05) is 30.3 Å². The Morgan fingerprint density at radius 1 is 0.969 bits per heavy atom. The maximum absolute atomic E-state index is 12.6. The van der Waals surface area contributed by atoms with Crippen molar-refractivity contribution in [2.24, 2.45) is 11.5 Å². The predicted molar refractivity (Wildman–Crippen MR) is 123 cm³/mol. The molecular formula is C23H23N5O3S. The molecule has 0 bridgehead atoms. The van der Waals surface area contributed by atoms with Gasteiger partial charge in [-0.15, -0.1) is 0 Å². The summed E-state index contributed by atoms with van der Waals surface area (Å²) in [6, 6.07) is 14.1. The van der Waals surface area contributed by atoms with E-state index in [0.717, 1.165) is 42.2 Å². The lowest BCUT2D eigenvalue weighted by Crippen LogP contribution is -2.19. The summed E-state index contributed by atoms with van der Waals surface area (Å²) < 4.78 is 2.13. The van der Waals surface area contributed by atoms with Crippen LogP contribution < -0.4 is 16.8 Å². The number of primary amides is 2. The standard InChI is InChI=1S/C23H23N5O3S/c24-21(30)14-10-15(22(25)31)12-16(11-14)26-20(29)13-32-23-27-18-8-4-5-9-19(18)28(23)17-6-2-1-3-7-17/h1-3,6-7,10-12H,4-5,8-9,13H2,(H2,24,30)(H2,25,31)(H,26,29). The minimum absolute atomic E-state index is 0.0940. The monoisotopic (exact) mass is 449 g/mol. The molecule has 1 heterocycles. The molecule has 1 aromatic heterocycles. The molecule has 0 atom stereocenters. The van der Waals surface area contributed by atoms with Crippen molar-refractivity contribution in [2.45, 2.75) is 30.8 Å². The van der Waals surface area contributed by atoms with Crippen LogP contribution in [0.5, 0.6) is 0 Å². The lowest BCUT2D eigenvalue weighted by molar-refractivity contribution is -0.113. The number of carbonyl (C=O) groups excluding carboxylic acids is 3. The van der Waals surface area contributed by atoms with Crippen molar-refractivity contribution < 1.29 is 14.4 Å². The summed E-state index contributed by atoms with van der Waals surface area (Å²) in [4.78, 5) is 40.5. The van der Waals surface area contributed by atoms with Gasteiger partial charge in [-0.3, -0.25) is 19.0 Å². The maximum atomic E-state index is 12.6. The second-order valence-electron chi connectivity index (χ2n) is 7.53. The number of carbonyl (C=O) groups is 3. The molecule has 0 unspecified atom stereocenters. The van der Waals surface area contributed by atoms with Crippen molar-refractivity contribution in [3.05, 3.63) is 71.0 Å². The summed E-state index contributed by atoms with van der Waals surface area (Å²) in [6.07, 6.45) is 4.13. The number of fused-ring (bicyclic) bond motifs is 1. The molecule has 2 aromatic carbocycles. The Morgan fingerprint density at radius 2 is 1.62 bits per heavy atom. The van der Waals surface area contributed by atoms with E-state index in [0.29, 0.717) is 0 Å². The van der Waals surface area contributed by atoms with Crippen molar-refractivity contribution in [3.8, 4) is 5.69 Å². The van der Waals surface area contributed by atoms with Gasteiger partial charge < -0.3 is 16.8 Å². The number of nitrogens with zero attached hydrogens (tertiary/aromatic N) is 2. The Kier molecular flexibility index (Phi) is 6.27. The molecule has 0 saturated heterocycles. The normalized spacial score (nSPS) is 12.8. The molecule has 8 nitrogen and oxygen atoms in total. The maximum Gasteiger partial charge on any atom is 0.248 e. The number of benzene rings is 2. The predicted octanol–water partition coefficient (Wildman–Crippen LogP) is 2.68. The van der Waals surface area contributed by atoms with E-state index in [4.69, 9.17) is 16.5 Å². The van der Waals surface area contributed by atoms with Crippen LogP contribution >= 0.6 is 11.8 Å². The van der Waals surface area contributed by atoms with Gasteiger partial charge in [0.1, 0.15) is 0 Å². The Hall–Kier alpha value is -3.59. The zero-order chi connectivity index (χ0) is 22.7. The van der Waals surface area contributed by atoms with Gasteiger partial charge in [0.15, 0.2) is 5.16 Å². The van der Waals surface area contributed by atoms with Crippen LogP contribution in [0, 0.1) is 0 Å². The summed E-state index contributed by atoms with van der Waals surface area (Å²) in [7, 11) is 0. The molecule has 0 radical (unpaired) electrons. The van der Waals surface area contributed by atoms with Gasteiger partial charge in [-0.2, -0.15) is 0 Å². The molecule has 4 rings (SSSR count). The molecule has 1 aliphatic rings. The number of thioether (sulfide) groups is 1. The number of anilines is 1. The van der Waals surface area contributed by atoms with E-state index in [2.05, 4.69) is 9.88 Å². The molecule has 3 aromatic rings. The molecule has 9 heteroatoms. The molecule has 5 N–H and O–H groups in total. The number of hydrogen-bond donors (Lipinski definition) is 3. The highest BCUT2D eigenvalue weighted by Gasteiger charge is 2.22. The molecule has 0 aliphatic heterocycles. The SMILES string of the molecule is NC(=O)c1cc(NC(=O)CSc2nc3c(n2-c2ccccc2)CCCC3)cc(C(N)=O)c1. The number of nitrogens with two attached hydrogens (primary N) is 2. The summed E-state index contributed by atoms with van der Waals surface area (Å²) >= 11 is 1.34. The van der Waals surface area contributed by atoms with Crippen LogP contribution in [0.4, 0.5) is 5.69 Å². The second kappa shape index (κ2) is 9.27. The highest BCUT2D eigenvalue weighted by atomic mass is 32.2. The molecule has 0 saturated carbocycles. The van der Waals surface area contributed by atoms with Crippen LogP contribution in [0.1, 0.15) is 44.9 Å². The first-order valence-electron chi connectivity index (χ1n) is 10.3. The number of rotatable bonds is 7. The summed E-state index contributed by atoms with van der Waals surface area (Å²) in [5.41, 5.74) is 14.4. The minimum Gasteiger partial charge on any atom is -0.366 e. The van der Waals surface area contributed by atoms with Gasteiger partial charge in [0, 0.05) is 28.2 Å². The first-order valence-corrected chi connectivity index (χ1v) is 11.2. The summed E-state index contributed by atoms with van der Waals surface area (Å²) in [5, 5.41) is 3.48. The molecule has 1 aliphatic carbocycles. The Balaban J connectivity index is 1.54. The Bertz CT molecular complexity index is 1160. The van der Waals surface area contributed by atoms with Crippen LogP contribution in [0.2, 0.25) is 0 Å². The van der Waals surface area contributed by atoms with E-state index in [1.165, 1.54) is 35.7 Å². The van der Waals surface area contributed by atoms with E-state index in [9.17, 15) is 14.4 Å². The highest BCUT2D eigenvalue weighted by Crippen LogP contribution is 2.30. The smallest absolute Gasteiger partial charge is 0.248 e. The van der Waals surface area contributed by atoms with E-state index < -0.39 is 11.8 Å². The van der Waals surface area contributed by atoms with Crippen molar-refractivity contribution in [2.75, 3.05) is 11.1 Å². The molecule has 0 spiro atoms. The van der Waals surface area contributed by atoms with Gasteiger partial charge in [-0.25, -0.2) is 4.98 Å². The van der Waals surface area contributed by atoms with Gasteiger partial charge in [-0.1, -0.05) is 30.0 Å². The van der Waals surface area contributed by atoms with Gasteiger partial charge in [0.05, 0.1) is 11.4 Å². The third-order valence-electron chi connectivity index (χ3n) is 5.23. The van der Waals surface area contributed by atoms with Crippen LogP contribution in [0.3, 0.4) is 0 Å². The average molecular weight is 450 g/mol. The van der Waals surface area contributed by atoms with Gasteiger partial charge >= 0.3 is 0 Å². The van der Waals surface area contributed by atoms with Crippen LogP contribution in [-0.4, -0.2) is 33.0 Å². The zero-order valence-corrected chi connectivity index (χ0v) is 18.2. The van der Waals surface area contributed by atoms with Crippen LogP contribution in [0.25, 0.3) is 5.69 Å². The minimum atomic E-state index is -0.714. The number of hydrogen-bond acceptors (Lipinski definition) is 5. The number of nitrogens with one attached hydrogen (secondary N) is 1. The molecule has 3 amide bonds. The fraction of sp³-hybridized carbons (Fsp3) is 0.217. The van der Waals surface area contributed by atoms with Gasteiger partial charge in [0.2, 0.25) is 17.7 Å². The molecule has 32 heavy (non-hydrogen) atoms. The third kappa shape index (κ3) is 4.67. The lowest BCUT2D eigenvalue weighted by Gasteiger charge is -2.15.